The smallest absolute Gasteiger partial charge is 0.341 e. The molecule has 1 aliphatic rings. The minimum atomic E-state index is -0.570. The lowest BCUT2D eigenvalue weighted by Crippen LogP contribution is -2.38. The number of carbonyl (C=O) groups excluding carboxylic acids is 2. The van der Waals surface area contributed by atoms with Crippen molar-refractivity contribution < 1.29 is 24.2 Å². The number of phenolic OH excluding ortho intramolecular Hbond substituents is 1. The van der Waals surface area contributed by atoms with Crippen molar-refractivity contribution in [3.63, 3.8) is 0 Å². The molecule has 1 saturated heterocycles. The molecule has 2 rings (SSSR count). The van der Waals surface area contributed by atoms with E-state index in [0.29, 0.717) is 44.9 Å². The summed E-state index contributed by atoms with van der Waals surface area (Å²) in [4.78, 5) is 25.9. The van der Waals surface area contributed by atoms with E-state index in [-0.39, 0.29) is 17.2 Å². The van der Waals surface area contributed by atoms with Gasteiger partial charge in [-0.25, -0.2) is 4.79 Å². The Bertz CT molecular complexity index is 570. The van der Waals surface area contributed by atoms with Crippen molar-refractivity contribution in [1.29, 1.82) is 0 Å². The molecule has 1 aromatic carbocycles. The SMILES string of the molecule is CCCOC(=O)c1ccc(NC(=O)CCN2CCOCC2)cc1O. The number of morpholine rings is 1. The zero-order valence-electron chi connectivity index (χ0n) is 13.9. The van der Waals surface area contributed by atoms with E-state index < -0.39 is 5.97 Å². The normalized spacial score (nSPS) is 15.0. The van der Waals surface area contributed by atoms with Crippen LogP contribution in [0.1, 0.15) is 30.1 Å². The third-order valence-electron chi connectivity index (χ3n) is 3.70. The second kappa shape index (κ2) is 9.24. The minimum absolute atomic E-state index is 0.0924. The third kappa shape index (κ3) is 5.50. The summed E-state index contributed by atoms with van der Waals surface area (Å²) in [6.07, 6.45) is 1.07. The van der Waals surface area contributed by atoms with Crippen molar-refractivity contribution in [2.75, 3.05) is 44.8 Å². The number of nitrogens with one attached hydrogen (secondary N) is 1. The lowest BCUT2D eigenvalue weighted by Gasteiger charge is -2.26. The Labute approximate surface area is 141 Å². The zero-order chi connectivity index (χ0) is 17.4. The molecule has 7 heteroatoms. The van der Waals surface area contributed by atoms with Gasteiger partial charge in [0.15, 0.2) is 0 Å². The molecular formula is C17H24N2O5. The zero-order valence-corrected chi connectivity index (χ0v) is 13.9. The van der Waals surface area contributed by atoms with Crippen LogP contribution >= 0.6 is 0 Å². The van der Waals surface area contributed by atoms with Crippen LogP contribution in [-0.4, -0.2) is 61.3 Å². The van der Waals surface area contributed by atoms with Crippen molar-refractivity contribution in [2.45, 2.75) is 19.8 Å². The number of anilines is 1. The maximum Gasteiger partial charge on any atom is 0.341 e. The Morgan fingerprint density at radius 2 is 2.08 bits per heavy atom. The standard InChI is InChI=1S/C17H24N2O5/c1-2-9-24-17(22)14-4-3-13(12-15(14)20)18-16(21)5-6-19-7-10-23-11-8-19/h3-4,12,20H,2,5-11H2,1H3,(H,18,21). The highest BCUT2D eigenvalue weighted by Gasteiger charge is 2.15. The van der Waals surface area contributed by atoms with Gasteiger partial charge >= 0.3 is 5.97 Å². The molecule has 1 aliphatic heterocycles. The van der Waals surface area contributed by atoms with Crippen molar-refractivity contribution in [2.24, 2.45) is 0 Å². The molecule has 0 spiro atoms. The van der Waals surface area contributed by atoms with Gasteiger partial charge in [0.05, 0.1) is 19.8 Å². The molecule has 0 radical (unpaired) electrons. The molecule has 132 valence electrons. The fraction of sp³-hybridized carbons (Fsp3) is 0.529. The van der Waals surface area contributed by atoms with Crippen LogP contribution in [0.2, 0.25) is 0 Å². The molecular weight excluding hydrogens is 312 g/mol. The minimum Gasteiger partial charge on any atom is -0.507 e. The molecule has 0 unspecified atom stereocenters. The topological polar surface area (TPSA) is 88.1 Å². The Kier molecular flexibility index (Phi) is 7.02. The Morgan fingerprint density at radius 1 is 1.33 bits per heavy atom. The van der Waals surface area contributed by atoms with Gasteiger partial charge in [0.2, 0.25) is 5.91 Å². The van der Waals surface area contributed by atoms with E-state index >= 15 is 0 Å². The van der Waals surface area contributed by atoms with Gasteiger partial charge in [-0.3, -0.25) is 9.69 Å². The quantitative estimate of drug-likeness (QED) is 0.736. The monoisotopic (exact) mass is 336 g/mol. The number of hydrogen-bond donors (Lipinski definition) is 2. The van der Waals surface area contributed by atoms with Gasteiger partial charge in [0.25, 0.3) is 0 Å². The Balaban J connectivity index is 1.84. The molecule has 1 aromatic rings. The molecule has 1 heterocycles. The lowest BCUT2D eigenvalue weighted by atomic mass is 10.2. The molecule has 2 N–H and O–H groups in total. The van der Waals surface area contributed by atoms with Crippen LogP contribution in [0.3, 0.4) is 0 Å². The van der Waals surface area contributed by atoms with Gasteiger partial charge in [-0.1, -0.05) is 6.92 Å². The maximum atomic E-state index is 12.0. The number of phenols is 1. The largest absolute Gasteiger partial charge is 0.507 e. The van der Waals surface area contributed by atoms with Crippen molar-refractivity contribution in [3.05, 3.63) is 23.8 Å². The number of rotatable bonds is 7. The van der Waals surface area contributed by atoms with Crippen LogP contribution in [0.4, 0.5) is 5.69 Å². The third-order valence-corrected chi connectivity index (χ3v) is 3.70. The summed E-state index contributed by atoms with van der Waals surface area (Å²) < 4.78 is 10.2. The molecule has 0 bridgehead atoms. The van der Waals surface area contributed by atoms with Crippen molar-refractivity contribution >= 4 is 17.6 Å². The van der Waals surface area contributed by atoms with Crippen molar-refractivity contribution in [1.82, 2.24) is 4.90 Å². The van der Waals surface area contributed by atoms with Crippen molar-refractivity contribution in [3.8, 4) is 5.75 Å². The van der Waals surface area contributed by atoms with Gasteiger partial charge in [0.1, 0.15) is 11.3 Å². The molecule has 1 amide bonds. The van der Waals surface area contributed by atoms with Crippen LogP contribution in [0.15, 0.2) is 18.2 Å². The van der Waals surface area contributed by atoms with Crippen LogP contribution in [0.25, 0.3) is 0 Å². The van der Waals surface area contributed by atoms with E-state index in [1.807, 2.05) is 6.92 Å². The average molecular weight is 336 g/mol. The van der Waals surface area contributed by atoms with Crippen LogP contribution in [0.5, 0.6) is 5.75 Å². The number of aromatic hydroxyl groups is 1. The highest BCUT2D eigenvalue weighted by molar-refractivity contribution is 5.95. The molecule has 0 saturated carbocycles. The van der Waals surface area contributed by atoms with Gasteiger partial charge < -0.3 is 19.9 Å². The number of hydrogen-bond acceptors (Lipinski definition) is 6. The molecule has 7 nitrogen and oxygen atoms in total. The van der Waals surface area contributed by atoms with Gasteiger partial charge in [-0.2, -0.15) is 0 Å². The number of amides is 1. The van der Waals surface area contributed by atoms with Gasteiger partial charge in [0, 0.05) is 37.8 Å². The van der Waals surface area contributed by atoms with Crippen LogP contribution in [-0.2, 0) is 14.3 Å². The Hall–Kier alpha value is -2.12. The van der Waals surface area contributed by atoms with E-state index in [4.69, 9.17) is 9.47 Å². The van der Waals surface area contributed by atoms with E-state index in [9.17, 15) is 14.7 Å². The number of benzene rings is 1. The summed E-state index contributed by atoms with van der Waals surface area (Å²) >= 11 is 0. The molecule has 24 heavy (non-hydrogen) atoms. The van der Waals surface area contributed by atoms with E-state index in [2.05, 4.69) is 10.2 Å². The van der Waals surface area contributed by atoms with E-state index in [1.54, 1.807) is 6.07 Å². The maximum absolute atomic E-state index is 12.0. The molecule has 1 fully saturated rings. The lowest BCUT2D eigenvalue weighted by molar-refractivity contribution is -0.116. The molecule has 0 atom stereocenters. The summed E-state index contributed by atoms with van der Waals surface area (Å²) in [6.45, 7) is 5.94. The summed E-state index contributed by atoms with van der Waals surface area (Å²) in [6, 6.07) is 4.38. The molecule has 0 aliphatic carbocycles. The summed E-state index contributed by atoms with van der Waals surface area (Å²) in [5.74, 6) is -0.913. The van der Waals surface area contributed by atoms with Gasteiger partial charge in [-0.05, 0) is 18.6 Å². The Morgan fingerprint density at radius 3 is 2.75 bits per heavy atom. The summed E-state index contributed by atoms with van der Waals surface area (Å²) in [7, 11) is 0. The second-order valence-corrected chi connectivity index (χ2v) is 5.62. The average Bonchev–Trinajstić information content (AvgIpc) is 2.59. The number of esters is 1. The summed E-state index contributed by atoms with van der Waals surface area (Å²) in [5, 5.41) is 12.7. The number of nitrogens with zero attached hydrogens (tertiary/aromatic N) is 1. The first-order chi connectivity index (χ1) is 11.6. The first kappa shape index (κ1) is 18.2. The highest BCUT2D eigenvalue weighted by atomic mass is 16.5. The van der Waals surface area contributed by atoms with Crippen LogP contribution < -0.4 is 5.32 Å². The summed E-state index contributed by atoms with van der Waals surface area (Å²) in [5.41, 5.74) is 0.543. The first-order valence-corrected chi connectivity index (χ1v) is 8.20. The predicted molar refractivity (Wildman–Crippen MR) is 89.2 cm³/mol. The second-order valence-electron chi connectivity index (χ2n) is 5.62. The number of carbonyl (C=O) groups is 2. The number of ether oxygens (including phenoxy) is 2. The fourth-order valence-corrected chi connectivity index (χ4v) is 2.36. The van der Waals surface area contributed by atoms with Gasteiger partial charge in [-0.15, -0.1) is 0 Å². The fourth-order valence-electron chi connectivity index (χ4n) is 2.36. The van der Waals surface area contributed by atoms with E-state index in [0.717, 1.165) is 13.1 Å². The highest BCUT2D eigenvalue weighted by Crippen LogP contribution is 2.23. The van der Waals surface area contributed by atoms with Crippen LogP contribution in [0, 0.1) is 0 Å². The first-order valence-electron chi connectivity index (χ1n) is 8.20. The predicted octanol–water partition coefficient (Wildman–Crippen LogP) is 1.62. The van der Waals surface area contributed by atoms with E-state index in [1.165, 1.54) is 12.1 Å². The molecule has 0 aromatic heterocycles.